The van der Waals surface area contributed by atoms with Gasteiger partial charge in [0.25, 0.3) is 0 Å². The maximum absolute atomic E-state index is 12.8. The molecule has 1 atom stereocenters. The first-order valence-corrected chi connectivity index (χ1v) is 26.1. The van der Waals surface area contributed by atoms with Crippen LogP contribution in [0, 0.1) is 17.8 Å². The molecule has 0 aliphatic heterocycles. The number of ether oxygens (including phenoxy) is 3. The third-order valence-electron chi connectivity index (χ3n) is 11.9. The SMILES string of the molecule is CC(C)CCCCCCCCCCCCCCCCCC(=O)O[C@@H](COC(=O)CCCCCCCCCCCCCC(C)C)COC(=O)CCCCCCCCC(C)C. The maximum Gasteiger partial charge on any atom is 0.306 e. The summed E-state index contributed by atoms with van der Waals surface area (Å²) in [6.45, 7) is 13.7. The van der Waals surface area contributed by atoms with Crippen LogP contribution in [0.25, 0.3) is 0 Å². The molecule has 0 fully saturated rings. The highest BCUT2D eigenvalue weighted by molar-refractivity contribution is 5.71. The monoisotopic (exact) mass is 835 g/mol. The van der Waals surface area contributed by atoms with Gasteiger partial charge in [-0.05, 0) is 37.0 Å². The Morgan fingerprint density at radius 2 is 0.492 bits per heavy atom. The van der Waals surface area contributed by atoms with Crippen LogP contribution in [0.3, 0.4) is 0 Å². The van der Waals surface area contributed by atoms with Crippen LogP contribution < -0.4 is 0 Å². The van der Waals surface area contributed by atoms with Gasteiger partial charge in [-0.25, -0.2) is 0 Å². The fourth-order valence-corrected chi connectivity index (χ4v) is 7.94. The first kappa shape index (κ1) is 57.4. The summed E-state index contributed by atoms with van der Waals surface area (Å²) in [6.07, 6.45) is 43.9. The second kappa shape index (κ2) is 44.5. The van der Waals surface area contributed by atoms with Crippen molar-refractivity contribution in [3.05, 3.63) is 0 Å². The van der Waals surface area contributed by atoms with Crippen LogP contribution in [0.5, 0.6) is 0 Å². The molecule has 6 heteroatoms. The van der Waals surface area contributed by atoms with Crippen molar-refractivity contribution in [2.75, 3.05) is 13.2 Å². The summed E-state index contributed by atoms with van der Waals surface area (Å²) >= 11 is 0. The Hall–Kier alpha value is -1.59. The zero-order chi connectivity index (χ0) is 43.4. The van der Waals surface area contributed by atoms with Crippen molar-refractivity contribution < 1.29 is 28.6 Å². The Bertz CT molecular complexity index is 914. The van der Waals surface area contributed by atoms with Crippen LogP contribution in [0.15, 0.2) is 0 Å². The molecule has 0 rings (SSSR count). The van der Waals surface area contributed by atoms with E-state index in [1.54, 1.807) is 0 Å². The molecular weight excluding hydrogens is 733 g/mol. The zero-order valence-corrected chi connectivity index (χ0v) is 40.5. The third-order valence-corrected chi connectivity index (χ3v) is 11.9. The first-order chi connectivity index (χ1) is 28.6. The molecule has 0 aliphatic carbocycles. The molecule has 0 saturated carbocycles. The molecule has 0 heterocycles. The predicted octanol–water partition coefficient (Wildman–Crippen LogP) is 16.8. The summed E-state index contributed by atoms with van der Waals surface area (Å²) in [6, 6.07) is 0. The molecule has 0 unspecified atom stereocenters. The van der Waals surface area contributed by atoms with Crippen molar-refractivity contribution in [3.63, 3.8) is 0 Å². The minimum absolute atomic E-state index is 0.0653. The topological polar surface area (TPSA) is 78.9 Å². The molecular formula is C53H102O6. The minimum Gasteiger partial charge on any atom is -0.462 e. The Morgan fingerprint density at radius 3 is 0.729 bits per heavy atom. The Labute approximate surface area is 368 Å². The molecule has 0 aliphatic rings. The van der Waals surface area contributed by atoms with Crippen molar-refractivity contribution >= 4 is 17.9 Å². The van der Waals surface area contributed by atoms with E-state index < -0.39 is 6.10 Å². The van der Waals surface area contributed by atoms with E-state index in [2.05, 4.69) is 41.5 Å². The van der Waals surface area contributed by atoms with Gasteiger partial charge >= 0.3 is 17.9 Å². The van der Waals surface area contributed by atoms with Crippen LogP contribution in [-0.4, -0.2) is 37.2 Å². The average molecular weight is 835 g/mol. The number of esters is 3. The highest BCUT2D eigenvalue weighted by atomic mass is 16.6. The molecule has 0 aromatic carbocycles. The number of carbonyl (C=O) groups is 3. The zero-order valence-electron chi connectivity index (χ0n) is 40.5. The quantitative estimate of drug-likeness (QED) is 0.0345. The van der Waals surface area contributed by atoms with Gasteiger partial charge in [-0.15, -0.1) is 0 Å². The van der Waals surface area contributed by atoms with E-state index in [-0.39, 0.29) is 31.1 Å². The first-order valence-electron chi connectivity index (χ1n) is 26.1. The largest absolute Gasteiger partial charge is 0.462 e. The van der Waals surface area contributed by atoms with Gasteiger partial charge in [0.15, 0.2) is 6.10 Å². The molecule has 0 radical (unpaired) electrons. The molecule has 59 heavy (non-hydrogen) atoms. The van der Waals surface area contributed by atoms with Gasteiger partial charge in [0.1, 0.15) is 13.2 Å². The number of carbonyl (C=O) groups excluding carboxylic acids is 3. The number of unbranched alkanes of at least 4 members (excludes halogenated alkanes) is 29. The van der Waals surface area contributed by atoms with Gasteiger partial charge in [-0.2, -0.15) is 0 Å². The van der Waals surface area contributed by atoms with E-state index >= 15 is 0 Å². The molecule has 0 saturated heterocycles. The van der Waals surface area contributed by atoms with Crippen LogP contribution in [0.1, 0.15) is 286 Å². The molecule has 0 spiro atoms. The Balaban J connectivity index is 4.26. The van der Waals surface area contributed by atoms with Gasteiger partial charge in [0.05, 0.1) is 0 Å². The van der Waals surface area contributed by atoms with Crippen LogP contribution in [0.4, 0.5) is 0 Å². The van der Waals surface area contributed by atoms with E-state index in [0.717, 1.165) is 75.5 Å². The molecule has 350 valence electrons. The molecule has 0 N–H and O–H groups in total. The molecule has 6 nitrogen and oxygen atoms in total. The number of hydrogen-bond acceptors (Lipinski definition) is 6. The van der Waals surface area contributed by atoms with Crippen molar-refractivity contribution in [3.8, 4) is 0 Å². The normalized spacial score (nSPS) is 12.2. The van der Waals surface area contributed by atoms with Gasteiger partial charge in [-0.3, -0.25) is 14.4 Å². The smallest absolute Gasteiger partial charge is 0.306 e. The molecule has 0 amide bonds. The summed E-state index contributed by atoms with van der Waals surface area (Å²) in [7, 11) is 0. The maximum atomic E-state index is 12.8. The van der Waals surface area contributed by atoms with E-state index in [4.69, 9.17) is 14.2 Å². The number of rotatable bonds is 46. The summed E-state index contributed by atoms with van der Waals surface area (Å²) in [4.78, 5) is 37.9. The van der Waals surface area contributed by atoms with Crippen LogP contribution in [0.2, 0.25) is 0 Å². The highest BCUT2D eigenvalue weighted by Crippen LogP contribution is 2.18. The van der Waals surface area contributed by atoms with E-state index in [1.807, 2.05) is 0 Å². The molecule has 0 aromatic heterocycles. The lowest BCUT2D eigenvalue weighted by Gasteiger charge is -2.18. The second-order valence-electron chi connectivity index (χ2n) is 19.6. The minimum atomic E-state index is -0.763. The van der Waals surface area contributed by atoms with E-state index in [1.165, 1.54) is 167 Å². The van der Waals surface area contributed by atoms with Gasteiger partial charge in [-0.1, -0.05) is 247 Å². The van der Waals surface area contributed by atoms with Crippen molar-refractivity contribution in [1.82, 2.24) is 0 Å². The van der Waals surface area contributed by atoms with Gasteiger partial charge in [0.2, 0.25) is 0 Å². The Kier molecular flexibility index (Phi) is 43.3. The van der Waals surface area contributed by atoms with Crippen LogP contribution >= 0.6 is 0 Å². The lowest BCUT2D eigenvalue weighted by molar-refractivity contribution is -0.167. The van der Waals surface area contributed by atoms with Crippen LogP contribution in [-0.2, 0) is 28.6 Å². The molecule has 0 aromatic rings. The fraction of sp³-hybridized carbons (Fsp3) is 0.943. The summed E-state index contributed by atoms with van der Waals surface area (Å²) in [5.41, 5.74) is 0. The predicted molar refractivity (Wildman–Crippen MR) is 252 cm³/mol. The lowest BCUT2D eigenvalue weighted by atomic mass is 10.0. The third kappa shape index (κ3) is 47.3. The highest BCUT2D eigenvalue weighted by Gasteiger charge is 2.19. The van der Waals surface area contributed by atoms with E-state index in [9.17, 15) is 14.4 Å². The van der Waals surface area contributed by atoms with Crippen molar-refractivity contribution in [1.29, 1.82) is 0 Å². The van der Waals surface area contributed by atoms with E-state index in [0.29, 0.717) is 19.3 Å². The van der Waals surface area contributed by atoms with Gasteiger partial charge < -0.3 is 14.2 Å². The second-order valence-corrected chi connectivity index (χ2v) is 19.6. The standard InChI is InChI=1S/C53H102O6/c1-47(2)39-33-27-21-17-13-10-8-7-9-11-15-20-24-32-38-44-53(56)59-50(46-58-52(55)43-37-31-26-25-29-35-41-49(5)6)45-57-51(54)42-36-30-23-19-16-12-14-18-22-28-34-40-48(3)4/h47-50H,7-46H2,1-6H3/t50-/m0/s1. The molecule has 0 bridgehead atoms. The summed E-state index contributed by atoms with van der Waals surface area (Å²) < 4.78 is 16.8. The lowest BCUT2D eigenvalue weighted by Crippen LogP contribution is -2.30. The van der Waals surface area contributed by atoms with Crippen molar-refractivity contribution in [2.45, 2.75) is 292 Å². The van der Waals surface area contributed by atoms with Crippen molar-refractivity contribution in [2.24, 2.45) is 17.8 Å². The van der Waals surface area contributed by atoms with Gasteiger partial charge in [0, 0.05) is 19.3 Å². The fourth-order valence-electron chi connectivity index (χ4n) is 7.94. The summed E-state index contributed by atoms with van der Waals surface area (Å²) in [5, 5.41) is 0. The summed E-state index contributed by atoms with van der Waals surface area (Å²) in [5.74, 6) is 1.58. The number of hydrogen-bond donors (Lipinski definition) is 0. The Morgan fingerprint density at radius 1 is 0.288 bits per heavy atom. The average Bonchev–Trinajstić information content (AvgIpc) is 3.19.